The van der Waals surface area contributed by atoms with E-state index >= 15 is 0 Å². The van der Waals surface area contributed by atoms with Crippen molar-refractivity contribution in [1.82, 2.24) is 9.88 Å². The predicted octanol–water partition coefficient (Wildman–Crippen LogP) is 3.07. The molecule has 0 radical (unpaired) electrons. The highest BCUT2D eigenvalue weighted by Crippen LogP contribution is 2.20. The molecule has 0 aliphatic carbocycles. The Bertz CT molecular complexity index is 353. The minimum atomic E-state index is 0.361. The molecule has 0 spiro atoms. The zero-order valence-corrected chi connectivity index (χ0v) is 11.7. The highest BCUT2D eigenvalue weighted by Gasteiger charge is 2.19. The second-order valence-electron chi connectivity index (χ2n) is 5.32. The van der Waals surface area contributed by atoms with Gasteiger partial charge in [-0.1, -0.05) is 20.8 Å². The third-order valence-electron chi connectivity index (χ3n) is 3.64. The van der Waals surface area contributed by atoms with Gasteiger partial charge in [0, 0.05) is 18.8 Å². The molecule has 1 fully saturated rings. The lowest BCUT2D eigenvalue weighted by atomic mass is 10.1. The molecule has 1 aromatic rings. The van der Waals surface area contributed by atoms with Crippen LogP contribution in [0.2, 0.25) is 0 Å². The minimum Gasteiger partial charge on any atom is -0.489 e. The van der Waals surface area contributed by atoms with Crippen LogP contribution in [-0.4, -0.2) is 35.6 Å². The molecule has 1 aliphatic heterocycles. The Morgan fingerprint density at radius 1 is 1.33 bits per heavy atom. The lowest BCUT2D eigenvalue weighted by Gasteiger charge is -2.31. The van der Waals surface area contributed by atoms with E-state index in [1.807, 2.05) is 6.20 Å². The highest BCUT2D eigenvalue weighted by atomic mass is 16.5. The van der Waals surface area contributed by atoms with Crippen LogP contribution in [0.25, 0.3) is 0 Å². The number of pyridine rings is 1. The van der Waals surface area contributed by atoms with E-state index in [0.717, 1.165) is 43.9 Å². The Morgan fingerprint density at radius 3 is 2.56 bits per heavy atom. The lowest BCUT2D eigenvalue weighted by Crippen LogP contribution is -2.37. The molecule has 2 rings (SSSR count). The average molecular weight is 248 g/mol. The van der Waals surface area contributed by atoms with Crippen LogP contribution in [-0.2, 0) is 0 Å². The fourth-order valence-corrected chi connectivity index (χ4v) is 2.34. The van der Waals surface area contributed by atoms with Crippen molar-refractivity contribution in [3.05, 3.63) is 24.0 Å². The Balaban J connectivity index is 1.86. The molecule has 2 heterocycles. The first-order chi connectivity index (χ1) is 8.69. The zero-order valence-electron chi connectivity index (χ0n) is 11.7. The van der Waals surface area contributed by atoms with Crippen molar-refractivity contribution in [2.24, 2.45) is 0 Å². The molecule has 0 N–H and O–H groups in total. The Kier molecular flexibility index (Phi) is 4.59. The zero-order chi connectivity index (χ0) is 13.0. The van der Waals surface area contributed by atoms with E-state index in [1.165, 1.54) is 0 Å². The summed E-state index contributed by atoms with van der Waals surface area (Å²) in [6, 6.07) is 4.12. The molecule has 0 bridgehead atoms. The van der Waals surface area contributed by atoms with Gasteiger partial charge in [0.05, 0.1) is 6.20 Å². The summed E-state index contributed by atoms with van der Waals surface area (Å²) in [5, 5.41) is 0. The van der Waals surface area contributed by atoms with Gasteiger partial charge in [0.2, 0.25) is 0 Å². The first kappa shape index (κ1) is 13.3. The van der Waals surface area contributed by atoms with Crippen molar-refractivity contribution >= 4 is 0 Å². The van der Waals surface area contributed by atoms with Gasteiger partial charge in [0.25, 0.3) is 0 Å². The number of aromatic nitrogens is 1. The molecule has 100 valence electrons. The van der Waals surface area contributed by atoms with Gasteiger partial charge in [-0.15, -0.1) is 0 Å². The topological polar surface area (TPSA) is 25.4 Å². The first-order valence-electron chi connectivity index (χ1n) is 7.04. The van der Waals surface area contributed by atoms with Crippen LogP contribution >= 0.6 is 0 Å². The fraction of sp³-hybridized carbons (Fsp3) is 0.667. The van der Waals surface area contributed by atoms with E-state index in [0.29, 0.717) is 12.0 Å². The van der Waals surface area contributed by atoms with E-state index in [2.05, 4.69) is 42.8 Å². The highest BCUT2D eigenvalue weighted by molar-refractivity contribution is 5.21. The van der Waals surface area contributed by atoms with E-state index in [4.69, 9.17) is 4.74 Å². The van der Waals surface area contributed by atoms with Crippen molar-refractivity contribution < 1.29 is 4.74 Å². The Morgan fingerprint density at radius 2 is 2.06 bits per heavy atom. The van der Waals surface area contributed by atoms with Crippen molar-refractivity contribution in [3.63, 3.8) is 0 Å². The summed E-state index contributed by atoms with van der Waals surface area (Å²) in [5.74, 6) is 1.39. The number of ether oxygens (including phenoxy) is 1. The second kappa shape index (κ2) is 6.19. The second-order valence-corrected chi connectivity index (χ2v) is 5.32. The van der Waals surface area contributed by atoms with Crippen LogP contribution in [0.4, 0.5) is 0 Å². The number of likely N-dealkylation sites (tertiary alicyclic amines) is 1. The molecule has 1 aliphatic rings. The van der Waals surface area contributed by atoms with Crippen LogP contribution in [0.1, 0.15) is 45.2 Å². The lowest BCUT2D eigenvalue weighted by molar-refractivity contribution is 0.103. The van der Waals surface area contributed by atoms with Gasteiger partial charge in [-0.2, -0.15) is 0 Å². The maximum absolute atomic E-state index is 5.99. The molecule has 0 unspecified atom stereocenters. The summed E-state index contributed by atoms with van der Waals surface area (Å²) in [6.45, 7) is 9.98. The molecular formula is C15H24N2O. The van der Waals surface area contributed by atoms with E-state index in [1.54, 1.807) is 0 Å². The number of hydrogen-bond acceptors (Lipinski definition) is 3. The van der Waals surface area contributed by atoms with Gasteiger partial charge in [-0.05, 0) is 37.4 Å². The van der Waals surface area contributed by atoms with Crippen molar-refractivity contribution in [3.8, 4) is 5.75 Å². The van der Waals surface area contributed by atoms with Crippen molar-refractivity contribution in [1.29, 1.82) is 0 Å². The molecule has 3 heteroatoms. The van der Waals surface area contributed by atoms with Crippen LogP contribution in [0, 0.1) is 0 Å². The van der Waals surface area contributed by atoms with E-state index in [9.17, 15) is 0 Å². The number of rotatable bonds is 4. The summed E-state index contributed by atoms with van der Waals surface area (Å²) in [7, 11) is 0. The molecule has 0 atom stereocenters. The quantitative estimate of drug-likeness (QED) is 0.819. The molecule has 1 saturated heterocycles. The summed E-state index contributed by atoms with van der Waals surface area (Å²) >= 11 is 0. The normalized spacial score (nSPS) is 18.2. The third kappa shape index (κ3) is 3.45. The SMILES string of the molecule is CCN1CCC(Oc2ccc(C(C)C)nc2)CC1. The van der Waals surface area contributed by atoms with Gasteiger partial charge in [0.1, 0.15) is 11.9 Å². The summed E-state index contributed by atoms with van der Waals surface area (Å²) in [5.41, 5.74) is 1.13. The Labute approximate surface area is 110 Å². The maximum atomic E-state index is 5.99. The maximum Gasteiger partial charge on any atom is 0.138 e. The molecule has 0 aromatic carbocycles. The summed E-state index contributed by atoms with van der Waals surface area (Å²) in [6.07, 6.45) is 4.47. The largest absolute Gasteiger partial charge is 0.489 e. The third-order valence-corrected chi connectivity index (χ3v) is 3.64. The monoisotopic (exact) mass is 248 g/mol. The molecule has 0 amide bonds. The first-order valence-corrected chi connectivity index (χ1v) is 7.04. The number of nitrogens with zero attached hydrogens (tertiary/aromatic N) is 2. The number of hydrogen-bond donors (Lipinski definition) is 0. The minimum absolute atomic E-state index is 0.361. The van der Waals surface area contributed by atoms with E-state index < -0.39 is 0 Å². The van der Waals surface area contributed by atoms with Crippen molar-refractivity contribution in [2.75, 3.05) is 19.6 Å². The molecule has 18 heavy (non-hydrogen) atoms. The standard InChI is InChI=1S/C15H24N2O/c1-4-17-9-7-13(8-10-17)18-14-5-6-15(12(2)3)16-11-14/h5-6,11-13H,4,7-10H2,1-3H3. The predicted molar refractivity (Wildman–Crippen MR) is 74.1 cm³/mol. The van der Waals surface area contributed by atoms with Crippen LogP contribution < -0.4 is 4.74 Å². The summed E-state index contributed by atoms with van der Waals surface area (Å²) in [4.78, 5) is 6.91. The average Bonchev–Trinajstić information content (AvgIpc) is 2.40. The smallest absolute Gasteiger partial charge is 0.138 e. The van der Waals surface area contributed by atoms with Gasteiger partial charge >= 0.3 is 0 Å². The van der Waals surface area contributed by atoms with Crippen LogP contribution in [0.5, 0.6) is 5.75 Å². The molecule has 1 aromatic heterocycles. The van der Waals surface area contributed by atoms with Gasteiger partial charge < -0.3 is 9.64 Å². The Hall–Kier alpha value is -1.09. The molecule has 3 nitrogen and oxygen atoms in total. The molecular weight excluding hydrogens is 224 g/mol. The van der Waals surface area contributed by atoms with Gasteiger partial charge in [-0.3, -0.25) is 4.98 Å². The number of piperidine rings is 1. The summed E-state index contributed by atoms with van der Waals surface area (Å²) < 4.78 is 5.99. The fourth-order valence-electron chi connectivity index (χ4n) is 2.34. The van der Waals surface area contributed by atoms with Crippen LogP contribution in [0.3, 0.4) is 0 Å². The molecule has 0 saturated carbocycles. The van der Waals surface area contributed by atoms with Gasteiger partial charge in [0.15, 0.2) is 0 Å². The van der Waals surface area contributed by atoms with Gasteiger partial charge in [-0.25, -0.2) is 0 Å². The van der Waals surface area contributed by atoms with Crippen molar-refractivity contribution in [2.45, 2.75) is 45.6 Å². The van der Waals surface area contributed by atoms with Crippen LogP contribution in [0.15, 0.2) is 18.3 Å². The van der Waals surface area contributed by atoms with E-state index in [-0.39, 0.29) is 0 Å².